The normalized spacial score (nSPS) is 22.1. The predicted octanol–water partition coefficient (Wildman–Crippen LogP) is 0.900. The molecule has 13 heteroatoms. The number of piperidine rings is 1. The second-order valence-electron chi connectivity index (χ2n) is 13.4. The third-order valence-corrected chi connectivity index (χ3v) is 10.2. The third kappa shape index (κ3) is 6.63. The first-order valence-corrected chi connectivity index (χ1v) is 16.6. The van der Waals surface area contributed by atoms with E-state index >= 15 is 0 Å². The Kier molecular flexibility index (Phi) is 8.50. The van der Waals surface area contributed by atoms with Crippen molar-refractivity contribution in [3.63, 3.8) is 0 Å². The Bertz CT molecular complexity index is 1730. The summed E-state index contributed by atoms with van der Waals surface area (Å²) in [5.41, 5.74) is 2.73. The van der Waals surface area contributed by atoms with Crippen molar-refractivity contribution in [1.29, 1.82) is 0 Å². The number of nitrogens with one attached hydrogen (secondary N) is 3. The number of imide groups is 1. The number of primary amides is 1. The number of fused-ring (bicyclic) bond motifs is 1. The van der Waals surface area contributed by atoms with Crippen LogP contribution in [0.2, 0.25) is 0 Å². The third-order valence-electron chi connectivity index (χ3n) is 10.2. The Balaban J connectivity index is 0.860. The van der Waals surface area contributed by atoms with Gasteiger partial charge in [-0.25, -0.2) is 14.6 Å². The Morgan fingerprint density at radius 2 is 1.77 bits per heavy atom. The molecule has 1 spiro atoms. The van der Waals surface area contributed by atoms with Crippen molar-refractivity contribution in [2.45, 2.75) is 57.0 Å². The number of hydrogen-bond acceptors (Lipinski definition) is 7. The van der Waals surface area contributed by atoms with Gasteiger partial charge in [0.1, 0.15) is 5.65 Å². The number of hydrogen-bond donors (Lipinski definition) is 4. The molecule has 5 N–H and O–H groups in total. The summed E-state index contributed by atoms with van der Waals surface area (Å²) in [4.78, 5) is 71.1. The molecular formula is C34H41N8O5+. The molecule has 6 amide bonds. The minimum atomic E-state index is -0.764. The molecule has 1 unspecified atom stereocenters. The molecule has 3 aromatic rings. The summed E-state index contributed by atoms with van der Waals surface area (Å²) in [6.07, 6.45) is 9.20. The lowest BCUT2D eigenvalue weighted by Gasteiger charge is -2.32. The van der Waals surface area contributed by atoms with Crippen LogP contribution in [0.25, 0.3) is 16.9 Å². The summed E-state index contributed by atoms with van der Waals surface area (Å²) in [7, 11) is 0. The number of nitrogens with zero attached hydrogens (tertiary/aromatic N) is 4. The van der Waals surface area contributed by atoms with Gasteiger partial charge in [0.25, 0.3) is 5.91 Å². The Morgan fingerprint density at radius 1 is 0.957 bits per heavy atom. The molecule has 13 nitrogen and oxygen atoms in total. The van der Waals surface area contributed by atoms with Crippen molar-refractivity contribution in [2.24, 2.45) is 5.41 Å². The van der Waals surface area contributed by atoms with Gasteiger partial charge < -0.3 is 19.9 Å². The minimum absolute atomic E-state index is 0.0336. The van der Waals surface area contributed by atoms with E-state index < -0.39 is 5.41 Å². The number of amides is 6. The molecule has 4 fully saturated rings. The number of urea groups is 1. The zero-order chi connectivity index (χ0) is 32.5. The Labute approximate surface area is 272 Å². The van der Waals surface area contributed by atoms with Crippen molar-refractivity contribution < 1.29 is 29.3 Å². The molecule has 1 saturated carbocycles. The van der Waals surface area contributed by atoms with Crippen molar-refractivity contribution in [3.05, 3.63) is 59.9 Å². The molecule has 4 aliphatic rings. The van der Waals surface area contributed by atoms with E-state index in [4.69, 9.17) is 4.98 Å². The number of quaternary nitrogens is 1. The molecule has 7 rings (SSSR count). The highest BCUT2D eigenvalue weighted by molar-refractivity contribution is 6.06. The van der Waals surface area contributed by atoms with Gasteiger partial charge >= 0.3 is 11.9 Å². The van der Waals surface area contributed by atoms with Crippen LogP contribution >= 0.6 is 0 Å². The van der Waals surface area contributed by atoms with E-state index in [1.807, 2.05) is 40.9 Å². The molecule has 246 valence electrons. The van der Waals surface area contributed by atoms with Gasteiger partial charge in [-0.15, -0.1) is 0 Å². The number of imidazole rings is 1. The van der Waals surface area contributed by atoms with E-state index in [1.165, 1.54) is 0 Å². The van der Waals surface area contributed by atoms with Gasteiger partial charge in [-0.05, 0) is 62.8 Å². The maximum Gasteiger partial charge on any atom is 0.342 e. The van der Waals surface area contributed by atoms with Crippen LogP contribution in [0.4, 0.5) is 4.79 Å². The number of carbonyl (C=O) groups is 5. The SMILES string of the molecule is O=C1CC2(CCN(C(=O)NC3CCN(CC[NH2+]C(=O)c4cccc(-c5cn6cc(C(=O)NC7CCC7)ccc6n5)c4)CC3)C2)C(=O)N1. The monoisotopic (exact) mass is 641 g/mol. The summed E-state index contributed by atoms with van der Waals surface area (Å²) >= 11 is 0. The van der Waals surface area contributed by atoms with Crippen LogP contribution in [-0.2, 0) is 9.59 Å². The van der Waals surface area contributed by atoms with E-state index in [0.717, 1.165) is 68.6 Å². The second kappa shape index (κ2) is 12.9. The first kappa shape index (κ1) is 31.0. The molecule has 1 aliphatic carbocycles. The first-order chi connectivity index (χ1) is 22.7. The van der Waals surface area contributed by atoms with Gasteiger partial charge in [0.2, 0.25) is 11.8 Å². The van der Waals surface area contributed by atoms with Gasteiger partial charge in [-0.1, -0.05) is 12.1 Å². The van der Waals surface area contributed by atoms with Crippen molar-refractivity contribution in [1.82, 2.24) is 35.1 Å². The molecule has 1 aromatic carbocycles. The van der Waals surface area contributed by atoms with Crippen LogP contribution in [0.3, 0.4) is 0 Å². The van der Waals surface area contributed by atoms with Crippen LogP contribution in [0, 0.1) is 5.41 Å². The molecule has 0 bridgehead atoms. The molecule has 3 aliphatic heterocycles. The van der Waals surface area contributed by atoms with E-state index in [0.29, 0.717) is 30.6 Å². The van der Waals surface area contributed by atoms with E-state index in [1.54, 1.807) is 22.5 Å². The lowest BCUT2D eigenvalue weighted by molar-refractivity contribution is -0.555. The number of benzene rings is 1. The summed E-state index contributed by atoms with van der Waals surface area (Å²) < 4.78 is 1.85. The number of nitrogens with two attached hydrogens (primary N) is 1. The number of rotatable bonds is 8. The van der Waals surface area contributed by atoms with Crippen molar-refractivity contribution in [3.8, 4) is 11.3 Å². The summed E-state index contributed by atoms with van der Waals surface area (Å²) in [5.74, 6) is -0.629. The summed E-state index contributed by atoms with van der Waals surface area (Å²) in [6, 6.07) is 11.2. The molecule has 1 atom stereocenters. The highest BCUT2D eigenvalue weighted by Crippen LogP contribution is 2.37. The summed E-state index contributed by atoms with van der Waals surface area (Å²) in [5, 5.41) is 10.3. The molecular weight excluding hydrogens is 600 g/mol. The molecule has 47 heavy (non-hydrogen) atoms. The lowest BCUT2D eigenvalue weighted by Crippen LogP contribution is -2.89. The average Bonchev–Trinajstić information content (AvgIpc) is 3.75. The Morgan fingerprint density at radius 3 is 2.51 bits per heavy atom. The zero-order valence-corrected chi connectivity index (χ0v) is 26.4. The van der Waals surface area contributed by atoms with Crippen molar-refractivity contribution >= 4 is 35.3 Å². The second-order valence-corrected chi connectivity index (χ2v) is 13.4. The fraction of sp³-hybridized carbons (Fsp3) is 0.471. The van der Waals surface area contributed by atoms with E-state index in [9.17, 15) is 24.0 Å². The first-order valence-electron chi connectivity index (χ1n) is 16.6. The largest absolute Gasteiger partial charge is 0.349 e. The smallest absolute Gasteiger partial charge is 0.342 e. The van der Waals surface area contributed by atoms with Crippen LogP contribution in [0.1, 0.15) is 65.7 Å². The molecule has 5 heterocycles. The maximum absolute atomic E-state index is 13.1. The van der Waals surface area contributed by atoms with Gasteiger partial charge in [-0.3, -0.25) is 29.9 Å². The van der Waals surface area contributed by atoms with Gasteiger partial charge in [0.05, 0.1) is 28.8 Å². The highest BCUT2D eigenvalue weighted by Gasteiger charge is 2.52. The van der Waals surface area contributed by atoms with Gasteiger partial charge in [0.15, 0.2) is 0 Å². The number of aromatic nitrogens is 2. The number of likely N-dealkylation sites (tertiary alicyclic amines) is 2. The van der Waals surface area contributed by atoms with Crippen LogP contribution in [-0.4, -0.2) is 100 Å². The number of carbonyl (C=O) groups excluding carboxylic acids is 5. The topological polar surface area (TPSA) is 162 Å². The predicted molar refractivity (Wildman–Crippen MR) is 171 cm³/mol. The highest BCUT2D eigenvalue weighted by atomic mass is 16.2. The minimum Gasteiger partial charge on any atom is -0.349 e. The Hall–Kier alpha value is -4.62. The number of pyridine rings is 1. The summed E-state index contributed by atoms with van der Waals surface area (Å²) in [6.45, 7) is 3.77. The molecule has 2 aromatic heterocycles. The van der Waals surface area contributed by atoms with E-state index in [-0.39, 0.29) is 54.7 Å². The zero-order valence-electron chi connectivity index (χ0n) is 26.4. The van der Waals surface area contributed by atoms with Gasteiger partial charge in [0, 0.05) is 69.2 Å². The van der Waals surface area contributed by atoms with Crippen LogP contribution in [0.15, 0.2) is 48.8 Å². The fourth-order valence-electron chi connectivity index (χ4n) is 7.05. The average molecular weight is 642 g/mol. The molecule has 3 saturated heterocycles. The van der Waals surface area contributed by atoms with Crippen molar-refractivity contribution in [2.75, 3.05) is 39.3 Å². The quantitative estimate of drug-likeness (QED) is 0.266. The maximum atomic E-state index is 13.1. The van der Waals surface area contributed by atoms with E-state index in [2.05, 4.69) is 20.9 Å². The lowest BCUT2D eigenvalue weighted by atomic mass is 9.85. The van der Waals surface area contributed by atoms with Gasteiger partial charge in [-0.2, -0.15) is 0 Å². The van der Waals surface area contributed by atoms with Crippen LogP contribution < -0.4 is 21.3 Å². The fourth-order valence-corrected chi connectivity index (χ4v) is 7.05. The molecule has 0 radical (unpaired) electrons. The van der Waals surface area contributed by atoms with Crippen LogP contribution in [0.5, 0.6) is 0 Å². The standard InChI is InChI=1S/C34H40N8O5/c43-29-18-34(32(46)39-29)11-15-41(21-34)33(47)37-26-9-13-40(14-10-26)16-12-35-30(44)23-4-1-3-22(17-23)27-20-42-19-24(7-8-28(42)38-27)31(45)36-25-5-2-6-25/h1,3-4,7-8,17,19-20,25-26H,2,5-6,9-16,18,21H2,(H,35,44)(H,36,45)(H,37,47)(H,39,43,46)/p+1.